The van der Waals surface area contributed by atoms with Crippen molar-refractivity contribution in [1.29, 1.82) is 0 Å². The predicted octanol–water partition coefficient (Wildman–Crippen LogP) is 2.32. The van der Waals surface area contributed by atoms with Gasteiger partial charge in [0, 0.05) is 30.4 Å². The minimum atomic E-state index is -0.0284. The van der Waals surface area contributed by atoms with Gasteiger partial charge in [0.15, 0.2) is 0 Å². The van der Waals surface area contributed by atoms with Gasteiger partial charge in [-0.15, -0.1) is 0 Å². The van der Waals surface area contributed by atoms with Crippen molar-refractivity contribution < 1.29 is 9.90 Å². The Morgan fingerprint density at radius 3 is 2.74 bits per heavy atom. The highest BCUT2D eigenvalue weighted by atomic mass is 16.3. The van der Waals surface area contributed by atoms with Crippen LogP contribution >= 0.6 is 0 Å². The van der Waals surface area contributed by atoms with E-state index in [-0.39, 0.29) is 18.6 Å². The topological polar surface area (TPSA) is 61.4 Å². The first-order chi connectivity index (χ1) is 9.08. The Hall–Kier alpha value is -1.55. The van der Waals surface area contributed by atoms with Crippen molar-refractivity contribution >= 4 is 11.6 Å². The van der Waals surface area contributed by atoms with Gasteiger partial charge >= 0.3 is 0 Å². The van der Waals surface area contributed by atoms with Gasteiger partial charge in [-0.05, 0) is 50.5 Å². The molecule has 0 fully saturated rings. The zero-order valence-corrected chi connectivity index (χ0v) is 12.0. The highest BCUT2D eigenvalue weighted by Crippen LogP contribution is 2.16. The van der Waals surface area contributed by atoms with Crippen LogP contribution in [0.4, 0.5) is 5.69 Å². The largest absolute Gasteiger partial charge is 0.396 e. The smallest absolute Gasteiger partial charge is 0.251 e. The van der Waals surface area contributed by atoms with Crippen LogP contribution in [0.2, 0.25) is 0 Å². The monoisotopic (exact) mass is 264 g/mol. The molecule has 19 heavy (non-hydrogen) atoms. The maximum Gasteiger partial charge on any atom is 0.251 e. The molecule has 0 aromatic heterocycles. The fraction of sp³-hybridized carbons (Fsp3) is 0.533. The summed E-state index contributed by atoms with van der Waals surface area (Å²) in [5.41, 5.74) is 2.73. The van der Waals surface area contributed by atoms with Crippen LogP contribution in [-0.4, -0.2) is 30.2 Å². The lowest BCUT2D eigenvalue weighted by Crippen LogP contribution is -2.31. The molecule has 0 heterocycles. The molecule has 1 rings (SSSR count). The van der Waals surface area contributed by atoms with E-state index in [9.17, 15) is 4.79 Å². The second kappa shape index (κ2) is 7.79. The van der Waals surface area contributed by atoms with Crippen LogP contribution in [0, 0.1) is 6.92 Å². The average Bonchev–Trinajstić information content (AvgIpc) is 2.40. The molecule has 0 aliphatic carbocycles. The van der Waals surface area contributed by atoms with Gasteiger partial charge in [0.2, 0.25) is 0 Å². The standard InChI is InChI=1S/C15H24N2O2/c1-4-12(3)17-15(19)13-6-7-14(11(2)10-13)16-8-5-9-18/h6-7,10,12,16,18H,4-5,8-9H2,1-3H3,(H,17,19)/t12-/m1/s1. The summed E-state index contributed by atoms with van der Waals surface area (Å²) >= 11 is 0. The molecule has 4 nitrogen and oxygen atoms in total. The van der Waals surface area contributed by atoms with E-state index in [1.165, 1.54) is 0 Å². The van der Waals surface area contributed by atoms with Crippen molar-refractivity contribution in [2.75, 3.05) is 18.5 Å². The van der Waals surface area contributed by atoms with E-state index >= 15 is 0 Å². The van der Waals surface area contributed by atoms with Gasteiger partial charge in [-0.1, -0.05) is 6.92 Å². The number of aliphatic hydroxyl groups excluding tert-OH is 1. The van der Waals surface area contributed by atoms with E-state index in [1.807, 2.05) is 39.0 Å². The Labute approximate surface area is 115 Å². The van der Waals surface area contributed by atoms with Gasteiger partial charge in [0.1, 0.15) is 0 Å². The third kappa shape index (κ3) is 4.91. The number of carbonyl (C=O) groups excluding carboxylic acids is 1. The molecule has 1 atom stereocenters. The van der Waals surface area contributed by atoms with E-state index < -0.39 is 0 Å². The molecule has 1 aromatic rings. The van der Waals surface area contributed by atoms with Gasteiger partial charge in [-0.25, -0.2) is 0 Å². The van der Waals surface area contributed by atoms with Gasteiger partial charge in [-0.2, -0.15) is 0 Å². The predicted molar refractivity (Wildman–Crippen MR) is 78.6 cm³/mol. The highest BCUT2D eigenvalue weighted by Gasteiger charge is 2.09. The number of amides is 1. The molecule has 0 saturated heterocycles. The molecule has 4 heteroatoms. The SMILES string of the molecule is CC[C@@H](C)NC(=O)c1ccc(NCCCO)c(C)c1. The van der Waals surface area contributed by atoms with Crippen molar-refractivity contribution in [2.45, 2.75) is 39.7 Å². The lowest BCUT2D eigenvalue weighted by atomic mass is 10.1. The molecule has 106 valence electrons. The van der Waals surface area contributed by atoms with Crippen molar-refractivity contribution in [3.05, 3.63) is 29.3 Å². The third-order valence-corrected chi connectivity index (χ3v) is 3.13. The molecular weight excluding hydrogens is 240 g/mol. The Morgan fingerprint density at radius 2 is 2.16 bits per heavy atom. The number of hydrogen-bond donors (Lipinski definition) is 3. The second-order valence-corrected chi connectivity index (χ2v) is 4.82. The Balaban J connectivity index is 2.67. The number of rotatable bonds is 7. The second-order valence-electron chi connectivity index (χ2n) is 4.82. The highest BCUT2D eigenvalue weighted by molar-refractivity contribution is 5.95. The molecule has 0 radical (unpaired) electrons. The Morgan fingerprint density at radius 1 is 1.42 bits per heavy atom. The molecular formula is C15H24N2O2. The molecule has 0 aliphatic heterocycles. The molecule has 3 N–H and O–H groups in total. The molecule has 0 spiro atoms. The Kier molecular flexibility index (Phi) is 6.36. The van der Waals surface area contributed by atoms with E-state index in [0.717, 1.165) is 30.6 Å². The molecule has 0 bridgehead atoms. The number of nitrogens with one attached hydrogen (secondary N) is 2. The number of carbonyl (C=O) groups is 1. The van der Waals surface area contributed by atoms with Gasteiger partial charge < -0.3 is 15.7 Å². The number of benzene rings is 1. The molecule has 0 aliphatic rings. The van der Waals surface area contributed by atoms with Crippen LogP contribution < -0.4 is 10.6 Å². The van der Waals surface area contributed by atoms with Crippen LogP contribution in [0.25, 0.3) is 0 Å². The first-order valence-corrected chi connectivity index (χ1v) is 6.84. The summed E-state index contributed by atoms with van der Waals surface area (Å²) in [5, 5.41) is 14.9. The summed E-state index contributed by atoms with van der Waals surface area (Å²) in [6.45, 7) is 6.93. The lowest BCUT2D eigenvalue weighted by Gasteiger charge is -2.13. The van der Waals surface area contributed by atoms with Crippen molar-refractivity contribution in [1.82, 2.24) is 5.32 Å². The normalized spacial score (nSPS) is 12.0. The van der Waals surface area contributed by atoms with E-state index in [0.29, 0.717) is 5.56 Å². The summed E-state index contributed by atoms with van der Waals surface area (Å²) in [7, 11) is 0. The zero-order chi connectivity index (χ0) is 14.3. The Bertz CT molecular complexity index is 419. The van der Waals surface area contributed by atoms with Gasteiger partial charge in [-0.3, -0.25) is 4.79 Å². The lowest BCUT2D eigenvalue weighted by molar-refractivity contribution is 0.0939. The fourth-order valence-corrected chi connectivity index (χ4v) is 1.71. The van der Waals surface area contributed by atoms with Crippen LogP contribution in [0.1, 0.15) is 42.6 Å². The molecule has 0 unspecified atom stereocenters. The van der Waals surface area contributed by atoms with Crippen LogP contribution in [0.15, 0.2) is 18.2 Å². The zero-order valence-electron chi connectivity index (χ0n) is 12.0. The first kappa shape index (κ1) is 15.5. The summed E-state index contributed by atoms with van der Waals surface area (Å²) in [6.07, 6.45) is 1.64. The molecule has 1 amide bonds. The fourth-order valence-electron chi connectivity index (χ4n) is 1.71. The summed E-state index contributed by atoms with van der Waals surface area (Å²) in [5.74, 6) is -0.0284. The van der Waals surface area contributed by atoms with Crippen LogP contribution in [0.3, 0.4) is 0 Å². The molecule has 1 aromatic carbocycles. The third-order valence-electron chi connectivity index (χ3n) is 3.13. The summed E-state index contributed by atoms with van der Waals surface area (Å²) in [4.78, 5) is 12.0. The van der Waals surface area contributed by atoms with Crippen molar-refractivity contribution in [3.8, 4) is 0 Å². The first-order valence-electron chi connectivity index (χ1n) is 6.84. The summed E-state index contributed by atoms with van der Waals surface area (Å²) < 4.78 is 0. The van der Waals surface area contributed by atoms with Crippen molar-refractivity contribution in [3.63, 3.8) is 0 Å². The number of hydrogen-bond acceptors (Lipinski definition) is 3. The number of aryl methyl sites for hydroxylation is 1. The maximum absolute atomic E-state index is 12.0. The van der Waals surface area contributed by atoms with Crippen LogP contribution in [-0.2, 0) is 0 Å². The average molecular weight is 264 g/mol. The van der Waals surface area contributed by atoms with Gasteiger partial charge in [0.05, 0.1) is 0 Å². The van der Waals surface area contributed by atoms with Crippen LogP contribution in [0.5, 0.6) is 0 Å². The number of aliphatic hydroxyl groups is 1. The maximum atomic E-state index is 12.0. The molecule has 0 saturated carbocycles. The van der Waals surface area contributed by atoms with E-state index in [2.05, 4.69) is 10.6 Å². The van der Waals surface area contributed by atoms with E-state index in [4.69, 9.17) is 5.11 Å². The van der Waals surface area contributed by atoms with E-state index in [1.54, 1.807) is 0 Å². The number of anilines is 1. The minimum absolute atomic E-state index is 0.0284. The van der Waals surface area contributed by atoms with Crippen molar-refractivity contribution in [2.24, 2.45) is 0 Å². The quantitative estimate of drug-likeness (QED) is 0.662. The minimum Gasteiger partial charge on any atom is -0.396 e. The summed E-state index contributed by atoms with van der Waals surface area (Å²) in [6, 6.07) is 5.82. The van der Waals surface area contributed by atoms with Gasteiger partial charge in [0.25, 0.3) is 5.91 Å².